The van der Waals surface area contributed by atoms with Crippen molar-refractivity contribution in [2.45, 2.75) is 52.1 Å². The van der Waals surface area contributed by atoms with Gasteiger partial charge in [0.05, 0.1) is 10.6 Å². The van der Waals surface area contributed by atoms with Gasteiger partial charge in [0.1, 0.15) is 12.6 Å². The number of rotatable bonds is 11. The number of amides is 2. The molecule has 0 heterocycles. The fraction of sp³-hybridized carbons (Fsp3) is 0.333. The number of benzene rings is 3. The first-order valence-electron chi connectivity index (χ1n) is 12.9. The van der Waals surface area contributed by atoms with E-state index >= 15 is 0 Å². The van der Waals surface area contributed by atoms with Crippen LogP contribution in [0.1, 0.15) is 37.5 Å². The van der Waals surface area contributed by atoms with Crippen molar-refractivity contribution in [3.05, 3.63) is 94.5 Å². The molecule has 7 nitrogen and oxygen atoms in total. The van der Waals surface area contributed by atoms with Gasteiger partial charge in [-0.05, 0) is 74.2 Å². The highest BCUT2D eigenvalue weighted by Crippen LogP contribution is 2.26. The number of aryl methyl sites for hydroxylation is 2. The van der Waals surface area contributed by atoms with Crippen LogP contribution in [-0.2, 0) is 26.2 Å². The van der Waals surface area contributed by atoms with Crippen molar-refractivity contribution in [3.8, 4) is 0 Å². The number of nitrogens with zero attached hydrogens (tertiary/aromatic N) is 2. The first-order chi connectivity index (χ1) is 18.4. The predicted octanol–water partition coefficient (Wildman–Crippen LogP) is 5.34. The van der Waals surface area contributed by atoms with Crippen molar-refractivity contribution in [2.75, 3.05) is 17.4 Å². The standard InChI is InChI=1S/C30H36ClN3O4S/c1-21(2)18-32-30(36)24(5)33(19-25-9-7-10-26(31)17-25)29(35)20-34(27-11-6-8-23(4)16-27)39(37,38)28-14-12-22(3)13-15-28/h6-17,21,24H,18-20H2,1-5H3,(H,32,36)/t24-/m1/s1. The highest BCUT2D eigenvalue weighted by molar-refractivity contribution is 7.92. The van der Waals surface area contributed by atoms with Gasteiger partial charge in [0, 0.05) is 18.1 Å². The molecule has 0 aliphatic heterocycles. The summed E-state index contributed by atoms with van der Waals surface area (Å²) in [6.07, 6.45) is 0. The van der Waals surface area contributed by atoms with Crippen molar-refractivity contribution in [2.24, 2.45) is 5.92 Å². The Morgan fingerprint density at radius 3 is 2.18 bits per heavy atom. The zero-order valence-electron chi connectivity index (χ0n) is 23.0. The van der Waals surface area contributed by atoms with E-state index in [4.69, 9.17) is 11.6 Å². The van der Waals surface area contributed by atoms with E-state index in [1.807, 2.05) is 39.8 Å². The quantitative estimate of drug-likeness (QED) is 0.338. The Morgan fingerprint density at radius 1 is 0.897 bits per heavy atom. The molecule has 39 heavy (non-hydrogen) atoms. The predicted molar refractivity (Wildman–Crippen MR) is 156 cm³/mol. The molecule has 0 aromatic heterocycles. The van der Waals surface area contributed by atoms with Gasteiger partial charge in [-0.25, -0.2) is 8.42 Å². The summed E-state index contributed by atoms with van der Waals surface area (Å²) in [6, 6.07) is 19.7. The summed E-state index contributed by atoms with van der Waals surface area (Å²) in [4.78, 5) is 28.4. The molecule has 208 valence electrons. The van der Waals surface area contributed by atoms with Crippen LogP contribution in [0.3, 0.4) is 0 Å². The van der Waals surface area contributed by atoms with Crippen LogP contribution < -0.4 is 9.62 Å². The molecular weight excluding hydrogens is 534 g/mol. The molecule has 0 aliphatic rings. The van der Waals surface area contributed by atoms with E-state index in [9.17, 15) is 18.0 Å². The smallest absolute Gasteiger partial charge is 0.264 e. The lowest BCUT2D eigenvalue weighted by atomic mass is 10.1. The molecular formula is C30H36ClN3O4S. The fourth-order valence-electron chi connectivity index (χ4n) is 4.02. The number of anilines is 1. The van der Waals surface area contributed by atoms with E-state index in [-0.39, 0.29) is 23.3 Å². The van der Waals surface area contributed by atoms with Gasteiger partial charge in [-0.3, -0.25) is 13.9 Å². The van der Waals surface area contributed by atoms with Crippen LogP contribution in [0.25, 0.3) is 0 Å². The topological polar surface area (TPSA) is 86.8 Å². The zero-order valence-corrected chi connectivity index (χ0v) is 24.6. The Balaban J connectivity index is 2.01. The van der Waals surface area contributed by atoms with Crippen molar-refractivity contribution >= 4 is 39.1 Å². The van der Waals surface area contributed by atoms with Crippen LogP contribution in [-0.4, -0.2) is 44.3 Å². The van der Waals surface area contributed by atoms with Crippen LogP contribution >= 0.6 is 11.6 Å². The van der Waals surface area contributed by atoms with Gasteiger partial charge in [-0.2, -0.15) is 0 Å². The second-order valence-corrected chi connectivity index (χ2v) is 12.4. The molecule has 3 rings (SSSR count). The van der Waals surface area contributed by atoms with Crippen LogP contribution in [0.4, 0.5) is 5.69 Å². The average molecular weight is 570 g/mol. The fourth-order valence-corrected chi connectivity index (χ4v) is 5.64. The Kier molecular flexibility index (Phi) is 10.2. The molecule has 2 amide bonds. The number of nitrogens with one attached hydrogen (secondary N) is 1. The van der Waals surface area contributed by atoms with E-state index in [2.05, 4.69) is 5.32 Å². The zero-order chi connectivity index (χ0) is 28.7. The molecule has 0 spiro atoms. The minimum absolute atomic E-state index is 0.0755. The van der Waals surface area contributed by atoms with Gasteiger partial charge in [0.15, 0.2) is 0 Å². The van der Waals surface area contributed by atoms with Crippen LogP contribution in [0.15, 0.2) is 77.7 Å². The van der Waals surface area contributed by atoms with Gasteiger partial charge in [-0.1, -0.05) is 67.4 Å². The van der Waals surface area contributed by atoms with Gasteiger partial charge < -0.3 is 10.2 Å². The van der Waals surface area contributed by atoms with Crippen molar-refractivity contribution < 1.29 is 18.0 Å². The molecule has 3 aromatic carbocycles. The van der Waals surface area contributed by atoms with Gasteiger partial charge in [0.2, 0.25) is 11.8 Å². The van der Waals surface area contributed by atoms with Crippen molar-refractivity contribution in [3.63, 3.8) is 0 Å². The lowest BCUT2D eigenvalue weighted by molar-refractivity contribution is -0.139. The molecule has 0 bridgehead atoms. The van der Waals surface area contributed by atoms with E-state index < -0.39 is 28.5 Å². The summed E-state index contributed by atoms with van der Waals surface area (Å²) in [5.74, 6) is -0.600. The second-order valence-electron chi connectivity index (χ2n) is 10.1. The molecule has 0 saturated carbocycles. The number of hydrogen-bond donors (Lipinski definition) is 1. The molecule has 0 fully saturated rings. The number of carbonyl (C=O) groups excluding carboxylic acids is 2. The Hall–Kier alpha value is -3.36. The van der Waals surface area contributed by atoms with E-state index in [1.54, 1.807) is 55.5 Å². The normalized spacial score (nSPS) is 12.2. The van der Waals surface area contributed by atoms with E-state index in [1.165, 1.54) is 17.0 Å². The first-order valence-corrected chi connectivity index (χ1v) is 14.7. The molecule has 3 aromatic rings. The van der Waals surface area contributed by atoms with Crippen LogP contribution in [0.5, 0.6) is 0 Å². The third-order valence-electron chi connectivity index (χ3n) is 6.27. The average Bonchev–Trinajstić information content (AvgIpc) is 2.88. The van der Waals surface area contributed by atoms with E-state index in [0.717, 1.165) is 21.0 Å². The summed E-state index contributed by atoms with van der Waals surface area (Å²) >= 11 is 6.18. The highest BCUT2D eigenvalue weighted by atomic mass is 35.5. The lowest BCUT2D eigenvalue weighted by Crippen LogP contribution is -2.51. The monoisotopic (exact) mass is 569 g/mol. The number of sulfonamides is 1. The summed E-state index contributed by atoms with van der Waals surface area (Å²) in [5, 5.41) is 3.38. The van der Waals surface area contributed by atoms with Crippen molar-refractivity contribution in [1.82, 2.24) is 10.2 Å². The molecule has 0 unspecified atom stereocenters. The summed E-state index contributed by atoms with van der Waals surface area (Å²) in [5.41, 5.74) is 2.86. The first kappa shape index (κ1) is 30.2. The van der Waals surface area contributed by atoms with Gasteiger partial charge in [0.25, 0.3) is 10.0 Å². The lowest BCUT2D eigenvalue weighted by Gasteiger charge is -2.32. The Bertz CT molecular complexity index is 1410. The van der Waals surface area contributed by atoms with Crippen molar-refractivity contribution in [1.29, 1.82) is 0 Å². The number of carbonyl (C=O) groups is 2. The van der Waals surface area contributed by atoms with Crippen LogP contribution in [0.2, 0.25) is 5.02 Å². The third-order valence-corrected chi connectivity index (χ3v) is 8.29. The maximum Gasteiger partial charge on any atom is 0.264 e. The van der Waals surface area contributed by atoms with Gasteiger partial charge >= 0.3 is 0 Å². The van der Waals surface area contributed by atoms with Crippen LogP contribution in [0, 0.1) is 19.8 Å². The summed E-state index contributed by atoms with van der Waals surface area (Å²) in [6.45, 7) is 9.39. The minimum Gasteiger partial charge on any atom is -0.354 e. The highest BCUT2D eigenvalue weighted by Gasteiger charge is 2.32. The Labute approximate surface area is 236 Å². The Morgan fingerprint density at radius 2 is 1.56 bits per heavy atom. The number of hydrogen-bond acceptors (Lipinski definition) is 4. The second kappa shape index (κ2) is 13.1. The number of halogens is 1. The molecule has 0 saturated heterocycles. The third kappa shape index (κ3) is 8.07. The summed E-state index contributed by atoms with van der Waals surface area (Å²) in [7, 11) is -4.10. The molecule has 9 heteroatoms. The largest absolute Gasteiger partial charge is 0.354 e. The molecule has 0 radical (unpaired) electrons. The SMILES string of the molecule is Cc1ccc(S(=O)(=O)N(CC(=O)N(Cc2cccc(Cl)c2)[C@H](C)C(=O)NCC(C)C)c2cccc(C)c2)cc1. The maximum atomic E-state index is 13.9. The summed E-state index contributed by atoms with van der Waals surface area (Å²) < 4.78 is 28.8. The minimum atomic E-state index is -4.10. The van der Waals surface area contributed by atoms with E-state index in [0.29, 0.717) is 17.3 Å². The molecule has 1 N–H and O–H groups in total. The maximum absolute atomic E-state index is 13.9. The molecule has 1 atom stereocenters. The molecule has 0 aliphatic carbocycles. The van der Waals surface area contributed by atoms with Gasteiger partial charge in [-0.15, -0.1) is 0 Å².